The second kappa shape index (κ2) is 17.0. The van der Waals surface area contributed by atoms with E-state index in [1.807, 2.05) is 60.7 Å². The Bertz CT molecular complexity index is 2140. The summed E-state index contributed by atoms with van der Waals surface area (Å²) in [5, 5.41) is 38.3. The summed E-state index contributed by atoms with van der Waals surface area (Å²) in [6.45, 7) is 5.33. The van der Waals surface area contributed by atoms with Gasteiger partial charge in [-0.05, 0) is 38.3 Å². The summed E-state index contributed by atoms with van der Waals surface area (Å²) in [5.74, 6) is -3.14. The molecule has 3 aromatic heterocycles. The first-order chi connectivity index (χ1) is 27.1. The van der Waals surface area contributed by atoms with Crippen LogP contribution in [0.2, 0.25) is 0 Å². The molecule has 1 aliphatic rings. The molecule has 57 heavy (non-hydrogen) atoms. The Morgan fingerprint density at radius 2 is 1.60 bits per heavy atom. The zero-order valence-electron chi connectivity index (χ0n) is 31.3. The number of esters is 1. The third-order valence-electron chi connectivity index (χ3n) is 9.56. The number of amides is 3. The number of ether oxygens (including phenoxy) is 1. The number of benzene rings is 2. The highest BCUT2D eigenvalue weighted by Gasteiger charge is 2.45. The van der Waals surface area contributed by atoms with Crippen molar-refractivity contribution < 1.29 is 42.5 Å². The maximum absolute atomic E-state index is 13.7. The molecule has 1 fully saturated rings. The molecule has 0 saturated heterocycles. The molecule has 4 atom stereocenters. The molecule has 302 valence electrons. The first-order valence-corrected chi connectivity index (χ1v) is 18.2. The van der Waals surface area contributed by atoms with Crippen molar-refractivity contribution in [2.45, 2.75) is 75.7 Å². The quantitative estimate of drug-likeness (QED) is 0.0895. The number of alkyl halides is 3. The highest BCUT2D eigenvalue weighted by atomic mass is 19.4. The molecule has 16 nitrogen and oxygen atoms in total. The topological polar surface area (TPSA) is 210 Å². The van der Waals surface area contributed by atoms with E-state index in [0.717, 1.165) is 11.1 Å². The normalized spacial score (nSPS) is 18.4. The Balaban J connectivity index is 1.30. The van der Waals surface area contributed by atoms with Gasteiger partial charge >= 0.3 is 18.2 Å². The first kappa shape index (κ1) is 40.6. The van der Waals surface area contributed by atoms with E-state index in [0.29, 0.717) is 13.1 Å². The molecule has 19 heteroatoms. The number of nitrogens with zero attached hydrogens (tertiary/aromatic N) is 6. The number of carbonyl (C=O) groups excluding carboxylic acids is 3. The number of aromatic nitrogens is 6. The minimum absolute atomic E-state index is 0.0208. The molecule has 5 aromatic rings. The van der Waals surface area contributed by atoms with Crippen LogP contribution in [0.4, 0.5) is 23.8 Å². The predicted molar refractivity (Wildman–Crippen MR) is 200 cm³/mol. The van der Waals surface area contributed by atoms with Crippen LogP contribution in [0.25, 0.3) is 11.2 Å². The van der Waals surface area contributed by atoms with E-state index < -0.39 is 60.5 Å². The van der Waals surface area contributed by atoms with E-state index in [-0.39, 0.29) is 47.3 Å². The van der Waals surface area contributed by atoms with E-state index in [1.54, 1.807) is 20.8 Å². The van der Waals surface area contributed by atoms with Gasteiger partial charge in [-0.1, -0.05) is 60.7 Å². The van der Waals surface area contributed by atoms with Crippen LogP contribution >= 0.6 is 0 Å². The fourth-order valence-corrected chi connectivity index (χ4v) is 6.71. The molecule has 3 amide bonds. The van der Waals surface area contributed by atoms with E-state index in [1.165, 1.54) is 28.0 Å². The van der Waals surface area contributed by atoms with Crippen LogP contribution in [0.3, 0.4) is 0 Å². The SMILES string of the molecule is CCNC(=O)NC(C)(C)CNC(=O)c1nc(NCC(c2ccccc2)c2ccccc2)c2ncn([C@@H]3C[C@H](n4cc(COC(=O)C(F)(F)F)cn4)[C@@H](O)[C@H]3O)c2n1. The van der Waals surface area contributed by atoms with Gasteiger partial charge in [0.1, 0.15) is 24.3 Å². The predicted octanol–water partition coefficient (Wildman–Crippen LogP) is 3.61. The molecule has 0 aliphatic heterocycles. The third kappa shape index (κ3) is 9.49. The second-order valence-electron chi connectivity index (χ2n) is 14.3. The molecule has 0 bridgehead atoms. The van der Waals surface area contributed by atoms with Gasteiger partial charge in [0.2, 0.25) is 5.82 Å². The van der Waals surface area contributed by atoms with Crippen molar-refractivity contribution in [1.29, 1.82) is 0 Å². The Hall–Kier alpha value is -6.08. The van der Waals surface area contributed by atoms with Gasteiger partial charge in [0.25, 0.3) is 5.91 Å². The number of nitrogens with one attached hydrogen (secondary N) is 4. The van der Waals surface area contributed by atoms with Gasteiger partial charge in [0.15, 0.2) is 11.5 Å². The molecule has 6 N–H and O–H groups in total. The fourth-order valence-electron chi connectivity index (χ4n) is 6.71. The van der Waals surface area contributed by atoms with E-state index >= 15 is 0 Å². The number of urea groups is 1. The third-order valence-corrected chi connectivity index (χ3v) is 9.56. The Morgan fingerprint density at radius 3 is 2.23 bits per heavy atom. The van der Waals surface area contributed by atoms with Gasteiger partial charge in [-0.15, -0.1) is 0 Å². The average Bonchev–Trinajstić information content (AvgIpc) is 3.90. The number of aliphatic hydroxyl groups is 2. The standard InChI is InChI=1S/C38H43F3N10O6/c1-4-42-36(56)49-37(2,3)20-44-34(54)32-47-31(43-17-25(23-11-7-5-8-12-23)24-13-9-6-10-14-24)28-33(48-32)50(21-45-28)26-15-27(30(53)29(26)52)51-18-22(16-46-51)19-57-35(55)38(39,40)41/h5-14,16,18,21,25-27,29-30,52-53H,4,15,17,19-20H2,1-3H3,(H,44,54)(H2,42,49,56)(H,43,47,48)/t26-,27+,29+,30-/m1/s1. The van der Waals surface area contributed by atoms with Crippen LogP contribution in [0.15, 0.2) is 79.4 Å². The van der Waals surface area contributed by atoms with Crippen molar-refractivity contribution in [1.82, 2.24) is 45.2 Å². The molecule has 3 heterocycles. The molecule has 2 aromatic carbocycles. The summed E-state index contributed by atoms with van der Waals surface area (Å²) in [7, 11) is 0. The summed E-state index contributed by atoms with van der Waals surface area (Å²) < 4.78 is 45.0. The lowest BCUT2D eigenvalue weighted by Gasteiger charge is -2.26. The maximum atomic E-state index is 13.7. The average molecular weight is 793 g/mol. The van der Waals surface area contributed by atoms with Crippen LogP contribution in [0, 0.1) is 0 Å². The smallest absolute Gasteiger partial charge is 0.454 e. The molecule has 0 radical (unpaired) electrons. The highest BCUT2D eigenvalue weighted by molar-refractivity contribution is 5.94. The number of hydrogen-bond donors (Lipinski definition) is 6. The molecular weight excluding hydrogens is 749 g/mol. The number of halogens is 3. The second-order valence-corrected chi connectivity index (χ2v) is 14.3. The first-order valence-electron chi connectivity index (χ1n) is 18.2. The molecule has 1 aliphatic carbocycles. The molecule has 0 unspecified atom stereocenters. The van der Waals surface area contributed by atoms with Crippen molar-refractivity contribution in [2.24, 2.45) is 0 Å². The van der Waals surface area contributed by atoms with E-state index in [4.69, 9.17) is 0 Å². The van der Waals surface area contributed by atoms with Crippen molar-refractivity contribution >= 4 is 34.9 Å². The van der Waals surface area contributed by atoms with Crippen molar-refractivity contribution in [2.75, 3.05) is 25.0 Å². The fraction of sp³-hybridized carbons (Fsp3) is 0.395. The zero-order chi connectivity index (χ0) is 40.9. The summed E-state index contributed by atoms with van der Waals surface area (Å²) in [5.41, 5.74) is 1.79. The molecule has 1 saturated carbocycles. The molecule has 6 rings (SSSR count). The minimum Gasteiger partial charge on any atom is -0.454 e. The number of anilines is 1. The Labute approximate surface area is 324 Å². The number of rotatable bonds is 14. The Kier molecular flexibility index (Phi) is 12.1. The lowest BCUT2D eigenvalue weighted by atomic mass is 9.91. The summed E-state index contributed by atoms with van der Waals surface area (Å²) in [4.78, 5) is 50.9. The number of fused-ring (bicyclic) bond motifs is 1. The number of hydrogen-bond acceptors (Lipinski definition) is 11. The van der Waals surface area contributed by atoms with Crippen molar-refractivity contribution in [3.8, 4) is 0 Å². The van der Waals surface area contributed by atoms with E-state index in [9.17, 15) is 37.8 Å². The summed E-state index contributed by atoms with van der Waals surface area (Å²) in [6.07, 6.45) is -3.94. The minimum atomic E-state index is -5.16. The number of imidazole rings is 1. The highest BCUT2D eigenvalue weighted by Crippen LogP contribution is 2.40. The van der Waals surface area contributed by atoms with Crippen LogP contribution in [0.1, 0.15) is 72.5 Å². The van der Waals surface area contributed by atoms with Gasteiger partial charge in [-0.2, -0.15) is 18.3 Å². The molecule has 0 spiro atoms. The van der Waals surface area contributed by atoms with Crippen LogP contribution < -0.4 is 21.3 Å². The number of aliphatic hydroxyl groups excluding tert-OH is 2. The lowest BCUT2D eigenvalue weighted by molar-refractivity contribution is -0.201. The van der Waals surface area contributed by atoms with Crippen LogP contribution in [-0.4, -0.2) is 101 Å². The summed E-state index contributed by atoms with van der Waals surface area (Å²) >= 11 is 0. The van der Waals surface area contributed by atoms with Gasteiger partial charge in [0.05, 0.1) is 30.1 Å². The van der Waals surface area contributed by atoms with Crippen molar-refractivity contribution in [3.63, 3.8) is 0 Å². The van der Waals surface area contributed by atoms with Gasteiger partial charge in [-0.25, -0.2) is 24.5 Å². The summed E-state index contributed by atoms with van der Waals surface area (Å²) in [6, 6.07) is 17.6. The zero-order valence-corrected chi connectivity index (χ0v) is 31.3. The Morgan fingerprint density at radius 1 is 0.947 bits per heavy atom. The maximum Gasteiger partial charge on any atom is 0.490 e. The van der Waals surface area contributed by atoms with Crippen LogP contribution in [0.5, 0.6) is 0 Å². The van der Waals surface area contributed by atoms with E-state index in [2.05, 4.69) is 46.1 Å². The molecular formula is C38H43F3N10O6. The largest absolute Gasteiger partial charge is 0.490 e. The lowest BCUT2D eigenvalue weighted by Crippen LogP contribution is -2.54. The van der Waals surface area contributed by atoms with Crippen LogP contribution in [-0.2, 0) is 16.1 Å². The number of carbonyl (C=O) groups is 3. The van der Waals surface area contributed by atoms with Gasteiger partial charge in [0, 0.05) is 37.3 Å². The van der Waals surface area contributed by atoms with Gasteiger partial charge < -0.3 is 40.8 Å². The monoisotopic (exact) mass is 792 g/mol. The van der Waals surface area contributed by atoms with Crippen molar-refractivity contribution in [3.05, 3.63) is 102 Å². The van der Waals surface area contributed by atoms with Gasteiger partial charge in [-0.3, -0.25) is 9.48 Å².